The number of hydrogen-bond acceptors (Lipinski definition) is 1. The second kappa shape index (κ2) is 8.65. The number of rotatable bonds is 5. The van der Waals surface area contributed by atoms with E-state index in [1.165, 1.54) is 21.6 Å². The van der Waals surface area contributed by atoms with E-state index in [1.54, 1.807) is 0 Å². The molecule has 0 unspecified atom stereocenters. The molecule has 0 fully saturated rings. The lowest BCUT2D eigenvalue weighted by Crippen LogP contribution is -3.00. The molecule has 0 spiro atoms. The van der Waals surface area contributed by atoms with Gasteiger partial charge < -0.3 is 21.9 Å². The van der Waals surface area contributed by atoms with Crippen molar-refractivity contribution in [2.24, 2.45) is 0 Å². The first-order chi connectivity index (χ1) is 11.7. The van der Waals surface area contributed by atoms with Crippen LogP contribution in [0.2, 0.25) is 0 Å². The molecule has 0 amide bonds. The minimum atomic E-state index is -1.67. The summed E-state index contributed by atoms with van der Waals surface area (Å²) in [6, 6.07) is 31.0. The number of anilines is 1. The van der Waals surface area contributed by atoms with Crippen LogP contribution >= 0.6 is 7.26 Å². The highest BCUT2D eigenvalue weighted by Crippen LogP contribution is 2.56. The van der Waals surface area contributed by atoms with Crippen LogP contribution in [-0.4, -0.2) is 20.3 Å². The molecule has 0 aliphatic carbocycles. The number of nitrogens with zero attached hydrogens (tertiary/aromatic N) is 1. The first kappa shape index (κ1) is 19.7. The van der Waals surface area contributed by atoms with Gasteiger partial charge >= 0.3 is 0 Å². The van der Waals surface area contributed by atoms with E-state index < -0.39 is 7.26 Å². The Labute approximate surface area is 162 Å². The maximum Gasteiger partial charge on any atom is 0.127 e. The van der Waals surface area contributed by atoms with Gasteiger partial charge in [-0.2, -0.15) is 0 Å². The van der Waals surface area contributed by atoms with Gasteiger partial charge in [0.1, 0.15) is 23.2 Å². The van der Waals surface area contributed by atoms with Gasteiger partial charge in [-0.25, -0.2) is 0 Å². The quantitative estimate of drug-likeness (QED) is 0.565. The van der Waals surface area contributed by atoms with Crippen LogP contribution < -0.4 is 37.8 Å². The molecule has 0 saturated heterocycles. The molecule has 3 aromatic carbocycles. The van der Waals surface area contributed by atoms with Gasteiger partial charge in [-0.3, -0.25) is 0 Å². The van der Waals surface area contributed by atoms with Crippen molar-refractivity contribution in [2.75, 3.05) is 25.2 Å². The van der Waals surface area contributed by atoms with E-state index in [0.717, 1.165) is 6.16 Å². The Morgan fingerprint density at radius 3 is 1.56 bits per heavy atom. The van der Waals surface area contributed by atoms with Crippen molar-refractivity contribution < 1.29 is 17.0 Å². The third-order valence-corrected chi connectivity index (χ3v) is 9.15. The van der Waals surface area contributed by atoms with Crippen LogP contribution in [0.3, 0.4) is 0 Å². The van der Waals surface area contributed by atoms with Gasteiger partial charge in [-0.05, 0) is 43.3 Å². The van der Waals surface area contributed by atoms with E-state index in [0.29, 0.717) is 0 Å². The molecule has 0 radical (unpaired) electrons. The number of para-hydroxylation sites is 1. The molecule has 0 aliphatic rings. The van der Waals surface area contributed by atoms with E-state index in [-0.39, 0.29) is 17.0 Å². The van der Waals surface area contributed by atoms with Crippen molar-refractivity contribution in [3.63, 3.8) is 0 Å². The van der Waals surface area contributed by atoms with Gasteiger partial charge in [0.05, 0.1) is 11.8 Å². The van der Waals surface area contributed by atoms with Crippen LogP contribution in [0.25, 0.3) is 0 Å². The Kier molecular flexibility index (Phi) is 6.81. The topological polar surface area (TPSA) is 3.24 Å². The zero-order valence-electron chi connectivity index (χ0n) is 15.1. The Morgan fingerprint density at radius 1 is 0.680 bits per heavy atom. The predicted octanol–water partition coefficient (Wildman–Crippen LogP) is 1.07. The summed E-state index contributed by atoms with van der Waals surface area (Å²) < 4.78 is 0. The van der Waals surface area contributed by atoms with Gasteiger partial charge in [0.2, 0.25) is 0 Å². The van der Waals surface area contributed by atoms with Crippen molar-refractivity contribution in [3.05, 3.63) is 84.9 Å². The zero-order valence-corrected chi connectivity index (χ0v) is 17.5. The average Bonchev–Trinajstić information content (AvgIpc) is 2.65. The molecular weight excluding hydrogens is 389 g/mol. The maximum atomic E-state index is 2.33. The minimum Gasteiger partial charge on any atom is -1.00 e. The van der Waals surface area contributed by atoms with E-state index in [9.17, 15) is 0 Å². The van der Waals surface area contributed by atoms with Crippen LogP contribution in [0.15, 0.2) is 84.9 Å². The second-order valence-corrected chi connectivity index (χ2v) is 9.95. The molecule has 0 aliphatic heterocycles. The van der Waals surface area contributed by atoms with Crippen LogP contribution in [0.5, 0.6) is 0 Å². The molecule has 0 bridgehead atoms. The molecule has 0 atom stereocenters. The van der Waals surface area contributed by atoms with Gasteiger partial charge in [-0.15, -0.1) is 0 Å². The average molecular weight is 414 g/mol. The highest BCUT2D eigenvalue weighted by molar-refractivity contribution is 7.95. The van der Waals surface area contributed by atoms with E-state index in [2.05, 4.69) is 111 Å². The summed E-state index contributed by atoms with van der Waals surface area (Å²) in [4.78, 5) is 2.24. The highest BCUT2D eigenvalue weighted by Gasteiger charge is 2.45. The molecule has 3 aromatic rings. The maximum absolute atomic E-state index is 2.33. The summed E-state index contributed by atoms with van der Waals surface area (Å²) >= 11 is 0. The number of benzene rings is 3. The van der Waals surface area contributed by atoms with Crippen LogP contribution in [0.4, 0.5) is 5.69 Å². The van der Waals surface area contributed by atoms with Crippen molar-refractivity contribution in [1.29, 1.82) is 0 Å². The normalized spacial score (nSPS) is 10.8. The van der Waals surface area contributed by atoms with Crippen molar-refractivity contribution in [3.8, 4) is 0 Å². The smallest absolute Gasteiger partial charge is 0.127 e. The monoisotopic (exact) mass is 413 g/mol. The fourth-order valence-electron chi connectivity index (χ4n) is 3.49. The van der Waals surface area contributed by atoms with E-state index >= 15 is 0 Å². The minimum absolute atomic E-state index is 0. The Morgan fingerprint density at radius 2 is 1.12 bits per heavy atom. The lowest BCUT2D eigenvalue weighted by molar-refractivity contribution is -0.00000479. The molecule has 3 rings (SSSR count). The first-order valence-corrected chi connectivity index (χ1v) is 10.4. The number of hydrogen-bond donors (Lipinski definition) is 0. The molecule has 3 heteroatoms. The van der Waals surface area contributed by atoms with E-state index in [4.69, 9.17) is 0 Å². The fourth-order valence-corrected chi connectivity index (χ4v) is 7.79. The Balaban J connectivity index is 0.00000225. The molecule has 25 heavy (non-hydrogen) atoms. The Bertz CT molecular complexity index is 748. The summed E-state index contributed by atoms with van der Waals surface area (Å²) in [5.74, 6) is 0. The molecule has 1 nitrogen and oxygen atoms in total. The van der Waals surface area contributed by atoms with E-state index in [1.807, 2.05) is 0 Å². The molecule has 0 aromatic heterocycles. The van der Waals surface area contributed by atoms with Crippen molar-refractivity contribution in [1.82, 2.24) is 0 Å². The van der Waals surface area contributed by atoms with Crippen LogP contribution in [0, 0.1) is 0 Å². The van der Waals surface area contributed by atoms with Crippen LogP contribution in [-0.2, 0) is 0 Å². The summed E-state index contributed by atoms with van der Waals surface area (Å²) in [5, 5.41) is 4.37. The third kappa shape index (κ3) is 3.66. The first-order valence-electron chi connectivity index (χ1n) is 8.46. The molecule has 130 valence electrons. The third-order valence-electron chi connectivity index (χ3n) is 4.64. The summed E-state index contributed by atoms with van der Waals surface area (Å²) in [5.41, 5.74) is 1.32. The van der Waals surface area contributed by atoms with Gasteiger partial charge in [0, 0.05) is 14.1 Å². The molecule has 0 saturated carbocycles. The number of halogens is 1. The second-order valence-electron chi connectivity index (χ2n) is 6.18. The molecule has 0 N–H and O–H groups in total. The summed E-state index contributed by atoms with van der Waals surface area (Å²) in [6.07, 6.45) is 1.12. The molecule has 0 heterocycles. The zero-order chi connectivity index (χ0) is 17.0. The Hall–Kier alpha value is -1.63. The predicted molar refractivity (Wildman–Crippen MR) is 110 cm³/mol. The fraction of sp³-hybridized carbons (Fsp3) is 0.182. The van der Waals surface area contributed by atoms with Gasteiger partial charge in [0.25, 0.3) is 0 Å². The van der Waals surface area contributed by atoms with Crippen LogP contribution in [0.1, 0.15) is 6.92 Å². The van der Waals surface area contributed by atoms with Crippen molar-refractivity contribution in [2.45, 2.75) is 6.92 Å². The van der Waals surface area contributed by atoms with Crippen molar-refractivity contribution >= 4 is 28.9 Å². The standard InChI is InChI=1S/C22H25NP.BrH/c1-4-24(19-13-7-5-8-14-19,20-15-9-6-10-16-20)22-18-12-11-17-21(22)23(2)3;/h5-18H,4H2,1-3H3;1H/q+1;/p-1. The molecular formula is C22H25BrNP. The SMILES string of the molecule is CC[P+](c1ccccc1)(c1ccccc1)c1ccccc1N(C)C.[Br-]. The van der Waals surface area contributed by atoms with Gasteiger partial charge in [-0.1, -0.05) is 48.5 Å². The van der Waals surface area contributed by atoms with Gasteiger partial charge in [0.15, 0.2) is 0 Å². The largest absolute Gasteiger partial charge is 1.00 e. The summed E-state index contributed by atoms with van der Waals surface area (Å²) in [6.45, 7) is 2.33. The lowest BCUT2D eigenvalue weighted by Gasteiger charge is -2.29. The highest BCUT2D eigenvalue weighted by atomic mass is 79.9. The summed E-state index contributed by atoms with van der Waals surface area (Å²) in [7, 11) is 2.61. The lowest BCUT2D eigenvalue weighted by atomic mass is 10.3.